The Morgan fingerprint density at radius 1 is 0.600 bits per heavy atom. The molecule has 0 aliphatic heterocycles. The van der Waals surface area contributed by atoms with Crippen molar-refractivity contribution in [3.05, 3.63) is 120 Å². The van der Waals surface area contributed by atoms with E-state index >= 15 is 0 Å². The van der Waals surface area contributed by atoms with Crippen molar-refractivity contribution in [1.29, 1.82) is 0 Å². The first-order valence-corrected chi connectivity index (χ1v) is 12.1. The summed E-state index contributed by atoms with van der Waals surface area (Å²) >= 11 is 0. The van der Waals surface area contributed by atoms with Crippen molar-refractivity contribution in [1.82, 2.24) is 0 Å². The second kappa shape index (κ2) is 7.35. The lowest BCUT2D eigenvalue weighted by molar-refractivity contribution is 0.660. The largest absolute Gasteiger partial charge is 0.456 e. The minimum atomic E-state index is -0.0636. The van der Waals surface area contributed by atoms with Gasteiger partial charge in [0.25, 0.3) is 0 Å². The van der Waals surface area contributed by atoms with Crippen LogP contribution in [0, 0.1) is 0 Å². The molecule has 1 heterocycles. The minimum absolute atomic E-state index is 0.0636. The molecule has 0 saturated heterocycles. The van der Waals surface area contributed by atoms with E-state index in [4.69, 9.17) is 4.42 Å². The number of benzene rings is 5. The zero-order valence-electron chi connectivity index (χ0n) is 19.8. The van der Waals surface area contributed by atoms with Gasteiger partial charge in [0.05, 0.1) is 11.1 Å². The molecule has 1 aromatic heterocycles. The summed E-state index contributed by atoms with van der Waals surface area (Å²) < 4.78 is 6.09. The van der Waals surface area contributed by atoms with Crippen molar-refractivity contribution >= 4 is 33.3 Å². The van der Waals surface area contributed by atoms with Gasteiger partial charge in [0.1, 0.15) is 11.2 Å². The molecule has 168 valence electrons. The molecule has 1 N–H and O–H groups in total. The fourth-order valence-electron chi connectivity index (χ4n) is 5.68. The van der Waals surface area contributed by atoms with Crippen LogP contribution in [0.4, 0.5) is 11.4 Å². The molecule has 7 rings (SSSR count). The second-order valence-electron chi connectivity index (χ2n) is 9.91. The van der Waals surface area contributed by atoms with E-state index < -0.39 is 0 Å². The molecule has 2 nitrogen and oxygen atoms in total. The Balaban J connectivity index is 1.32. The molecule has 1 aliphatic rings. The van der Waals surface area contributed by atoms with Crippen LogP contribution in [0.5, 0.6) is 0 Å². The van der Waals surface area contributed by atoms with E-state index in [0.717, 1.165) is 33.3 Å². The first-order chi connectivity index (χ1) is 17.1. The first kappa shape index (κ1) is 20.1. The van der Waals surface area contributed by atoms with E-state index in [1.807, 2.05) is 24.3 Å². The van der Waals surface area contributed by atoms with Crippen LogP contribution in [-0.4, -0.2) is 0 Å². The van der Waals surface area contributed by atoms with Crippen LogP contribution in [0.1, 0.15) is 25.0 Å². The number of furan rings is 1. The molecular weight excluding hydrogens is 426 g/mol. The van der Waals surface area contributed by atoms with Gasteiger partial charge in [-0.15, -0.1) is 0 Å². The third-order valence-corrected chi connectivity index (χ3v) is 7.46. The number of nitrogens with one attached hydrogen (secondary N) is 1. The third kappa shape index (κ3) is 3.03. The number of hydrogen-bond donors (Lipinski definition) is 1. The standard InChI is InChI=1S/C33H25NO/c1-33(2)27-18-15-22(21-9-4-3-5-10-21)19-26(27)24-17-16-23(20-28(24)33)34-29-12-8-14-31-32(29)25-11-6-7-13-30(25)35-31/h3-20,34H,1-2H3. The molecule has 5 aromatic carbocycles. The SMILES string of the molecule is CC1(C)c2ccc(-c3ccccc3)cc2-c2ccc(Nc3cccc4oc5ccccc5c34)cc21. The molecule has 1 aliphatic carbocycles. The summed E-state index contributed by atoms with van der Waals surface area (Å²) in [5, 5.41) is 5.95. The van der Waals surface area contributed by atoms with Crippen molar-refractivity contribution in [2.24, 2.45) is 0 Å². The Labute approximate surface area is 204 Å². The van der Waals surface area contributed by atoms with Gasteiger partial charge >= 0.3 is 0 Å². The molecule has 0 saturated carbocycles. The van der Waals surface area contributed by atoms with E-state index in [9.17, 15) is 0 Å². The molecule has 6 aromatic rings. The second-order valence-corrected chi connectivity index (χ2v) is 9.91. The van der Waals surface area contributed by atoms with Crippen molar-refractivity contribution in [2.45, 2.75) is 19.3 Å². The highest BCUT2D eigenvalue weighted by molar-refractivity contribution is 6.12. The van der Waals surface area contributed by atoms with E-state index in [1.165, 1.54) is 33.4 Å². The van der Waals surface area contributed by atoms with Gasteiger partial charge in [0.15, 0.2) is 0 Å². The molecule has 0 radical (unpaired) electrons. The fraction of sp³-hybridized carbons (Fsp3) is 0.0909. The quantitative estimate of drug-likeness (QED) is 0.290. The lowest BCUT2D eigenvalue weighted by Gasteiger charge is -2.22. The monoisotopic (exact) mass is 451 g/mol. The zero-order chi connectivity index (χ0) is 23.6. The third-order valence-electron chi connectivity index (χ3n) is 7.46. The summed E-state index contributed by atoms with van der Waals surface area (Å²) in [6.45, 7) is 4.65. The lowest BCUT2D eigenvalue weighted by atomic mass is 9.82. The summed E-state index contributed by atoms with van der Waals surface area (Å²) in [4.78, 5) is 0. The molecule has 0 atom stereocenters. The van der Waals surface area contributed by atoms with E-state index in [0.29, 0.717) is 0 Å². The highest BCUT2D eigenvalue weighted by Gasteiger charge is 2.35. The van der Waals surface area contributed by atoms with Gasteiger partial charge in [0, 0.05) is 16.5 Å². The van der Waals surface area contributed by atoms with Crippen LogP contribution in [0.15, 0.2) is 114 Å². The zero-order valence-corrected chi connectivity index (χ0v) is 19.8. The summed E-state index contributed by atoms with van der Waals surface area (Å²) in [6.07, 6.45) is 0. The number of anilines is 2. The number of para-hydroxylation sites is 1. The van der Waals surface area contributed by atoms with Gasteiger partial charge in [-0.1, -0.05) is 86.6 Å². The Morgan fingerprint density at radius 2 is 1.40 bits per heavy atom. The molecule has 0 fully saturated rings. The van der Waals surface area contributed by atoms with Crippen molar-refractivity contribution in [3.63, 3.8) is 0 Å². The summed E-state index contributed by atoms with van der Waals surface area (Å²) in [5.74, 6) is 0. The molecule has 0 spiro atoms. The fourth-order valence-corrected chi connectivity index (χ4v) is 5.68. The van der Waals surface area contributed by atoms with Gasteiger partial charge in [-0.05, 0) is 69.8 Å². The average molecular weight is 452 g/mol. The molecular formula is C33H25NO. The van der Waals surface area contributed by atoms with Crippen LogP contribution in [0.25, 0.3) is 44.2 Å². The van der Waals surface area contributed by atoms with Crippen LogP contribution < -0.4 is 5.32 Å². The Bertz CT molecular complexity index is 1740. The Morgan fingerprint density at radius 3 is 2.29 bits per heavy atom. The average Bonchev–Trinajstić information content (AvgIpc) is 3.38. The summed E-state index contributed by atoms with van der Waals surface area (Å²) in [6, 6.07) is 38.8. The normalized spacial score (nSPS) is 13.7. The van der Waals surface area contributed by atoms with Gasteiger partial charge in [-0.3, -0.25) is 0 Å². The van der Waals surface area contributed by atoms with Gasteiger partial charge in [-0.25, -0.2) is 0 Å². The van der Waals surface area contributed by atoms with Crippen molar-refractivity contribution < 1.29 is 4.42 Å². The van der Waals surface area contributed by atoms with Crippen LogP contribution >= 0.6 is 0 Å². The molecule has 0 bridgehead atoms. The maximum absolute atomic E-state index is 6.09. The highest BCUT2D eigenvalue weighted by Crippen LogP contribution is 2.50. The van der Waals surface area contributed by atoms with Gasteiger partial charge in [-0.2, -0.15) is 0 Å². The van der Waals surface area contributed by atoms with Crippen LogP contribution in [0.3, 0.4) is 0 Å². The molecule has 0 amide bonds. The Kier molecular flexibility index (Phi) is 4.22. The highest BCUT2D eigenvalue weighted by atomic mass is 16.3. The minimum Gasteiger partial charge on any atom is -0.456 e. The molecule has 0 unspecified atom stereocenters. The predicted octanol–water partition coefficient (Wildman–Crippen LogP) is 9.30. The van der Waals surface area contributed by atoms with E-state index in [2.05, 4.69) is 104 Å². The smallest absolute Gasteiger partial charge is 0.137 e. The van der Waals surface area contributed by atoms with Crippen molar-refractivity contribution in [3.8, 4) is 22.3 Å². The van der Waals surface area contributed by atoms with Crippen molar-refractivity contribution in [2.75, 3.05) is 5.32 Å². The topological polar surface area (TPSA) is 25.2 Å². The number of rotatable bonds is 3. The number of hydrogen-bond acceptors (Lipinski definition) is 2. The Hall–Kier alpha value is -4.30. The maximum Gasteiger partial charge on any atom is 0.137 e. The molecule has 35 heavy (non-hydrogen) atoms. The van der Waals surface area contributed by atoms with Gasteiger partial charge in [0.2, 0.25) is 0 Å². The van der Waals surface area contributed by atoms with E-state index in [1.54, 1.807) is 0 Å². The predicted molar refractivity (Wildman–Crippen MR) is 146 cm³/mol. The first-order valence-electron chi connectivity index (χ1n) is 12.1. The van der Waals surface area contributed by atoms with E-state index in [-0.39, 0.29) is 5.41 Å². The van der Waals surface area contributed by atoms with Crippen LogP contribution in [-0.2, 0) is 5.41 Å². The van der Waals surface area contributed by atoms with Gasteiger partial charge < -0.3 is 9.73 Å². The number of fused-ring (bicyclic) bond motifs is 6. The maximum atomic E-state index is 6.09. The van der Waals surface area contributed by atoms with Crippen LogP contribution in [0.2, 0.25) is 0 Å². The summed E-state index contributed by atoms with van der Waals surface area (Å²) in [5.41, 5.74) is 11.8. The lowest BCUT2D eigenvalue weighted by Crippen LogP contribution is -2.15. The summed E-state index contributed by atoms with van der Waals surface area (Å²) in [7, 11) is 0. The molecule has 2 heteroatoms.